The molecule has 0 saturated carbocycles. The van der Waals surface area contributed by atoms with Gasteiger partial charge in [0.15, 0.2) is 17.3 Å². The Kier molecular flexibility index (Phi) is 3.09. The summed E-state index contributed by atoms with van der Waals surface area (Å²) in [5.41, 5.74) is 1.83. The van der Waals surface area contributed by atoms with Gasteiger partial charge in [0.25, 0.3) is 0 Å². The summed E-state index contributed by atoms with van der Waals surface area (Å²) in [6.45, 7) is 6.32. The summed E-state index contributed by atoms with van der Waals surface area (Å²) in [7, 11) is 3.20. The minimum absolute atomic E-state index is 0.0173. The number of ether oxygens (including phenoxy) is 2. The summed E-state index contributed by atoms with van der Waals surface area (Å²) < 4.78 is 10.5. The number of benzene rings is 1. The minimum Gasteiger partial charge on any atom is -0.493 e. The van der Waals surface area contributed by atoms with E-state index >= 15 is 0 Å². The maximum Gasteiger partial charge on any atom is 0.167 e. The zero-order chi connectivity index (χ0) is 13.5. The van der Waals surface area contributed by atoms with E-state index in [1.165, 1.54) is 0 Å². The predicted octanol–water partition coefficient (Wildman–Crippen LogP) is 3.10. The summed E-state index contributed by atoms with van der Waals surface area (Å²) >= 11 is 0. The van der Waals surface area contributed by atoms with Crippen LogP contribution in [0, 0.1) is 11.3 Å². The van der Waals surface area contributed by atoms with E-state index in [0.717, 1.165) is 17.5 Å². The van der Waals surface area contributed by atoms with Crippen molar-refractivity contribution in [3.63, 3.8) is 0 Å². The first kappa shape index (κ1) is 12.9. The monoisotopic (exact) mass is 248 g/mol. The Morgan fingerprint density at radius 3 is 2.17 bits per heavy atom. The van der Waals surface area contributed by atoms with Crippen LogP contribution >= 0.6 is 0 Å². The van der Waals surface area contributed by atoms with Crippen LogP contribution in [0.5, 0.6) is 11.5 Å². The Morgan fingerprint density at radius 1 is 1.11 bits per heavy atom. The highest BCUT2D eigenvalue weighted by Gasteiger charge is 2.39. The molecule has 0 amide bonds. The van der Waals surface area contributed by atoms with Crippen molar-refractivity contribution in [1.29, 1.82) is 0 Å². The molecule has 1 aliphatic rings. The first-order valence-electron chi connectivity index (χ1n) is 6.17. The van der Waals surface area contributed by atoms with Gasteiger partial charge >= 0.3 is 0 Å². The van der Waals surface area contributed by atoms with E-state index in [4.69, 9.17) is 9.47 Å². The first-order chi connectivity index (χ1) is 8.38. The molecule has 1 aromatic carbocycles. The van der Waals surface area contributed by atoms with Crippen LogP contribution in [0.4, 0.5) is 0 Å². The van der Waals surface area contributed by atoms with Crippen molar-refractivity contribution >= 4 is 5.78 Å². The Labute approximate surface area is 108 Å². The number of hydrogen-bond acceptors (Lipinski definition) is 3. The van der Waals surface area contributed by atoms with Crippen molar-refractivity contribution in [2.45, 2.75) is 27.2 Å². The first-order valence-corrected chi connectivity index (χ1v) is 6.17. The molecule has 1 aliphatic carbocycles. The molecule has 98 valence electrons. The molecule has 3 heteroatoms. The molecular formula is C15H20O3. The lowest BCUT2D eigenvalue weighted by molar-refractivity contribution is 0.0843. The van der Waals surface area contributed by atoms with Gasteiger partial charge in [0, 0.05) is 11.5 Å². The fraction of sp³-hybridized carbons (Fsp3) is 0.533. The molecule has 0 radical (unpaired) electrons. The molecule has 0 N–H and O–H groups in total. The second-order valence-electron chi connectivity index (χ2n) is 5.85. The molecule has 0 saturated heterocycles. The van der Waals surface area contributed by atoms with E-state index in [2.05, 4.69) is 20.8 Å². The third-order valence-electron chi connectivity index (χ3n) is 3.66. The van der Waals surface area contributed by atoms with Gasteiger partial charge in [0.1, 0.15) is 0 Å². The average Bonchev–Trinajstić information content (AvgIpc) is 2.64. The molecular weight excluding hydrogens is 228 g/mol. The number of ketones is 1. The predicted molar refractivity (Wildman–Crippen MR) is 70.5 cm³/mol. The molecule has 0 aliphatic heterocycles. The van der Waals surface area contributed by atoms with Crippen LogP contribution in [0.15, 0.2) is 12.1 Å². The van der Waals surface area contributed by atoms with E-state index in [9.17, 15) is 4.79 Å². The molecule has 0 spiro atoms. The van der Waals surface area contributed by atoms with Gasteiger partial charge in [-0.05, 0) is 29.5 Å². The number of carbonyl (C=O) groups excluding carboxylic acids is 1. The van der Waals surface area contributed by atoms with Crippen LogP contribution in [0.1, 0.15) is 36.7 Å². The number of Topliss-reactive ketones (excluding diaryl/α,β-unsaturated/α-hetero) is 1. The van der Waals surface area contributed by atoms with Crippen molar-refractivity contribution in [1.82, 2.24) is 0 Å². The molecule has 0 aromatic heterocycles. The lowest BCUT2D eigenvalue weighted by Gasteiger charge is -2.24. The van der Waals surface area contributed by atoms with Crippen LogP contribution in [0.3, 0.4) is 0 Å². The summed E-state index contributed by atoms with van der Waals surface area (Å²) in [5.74, 6) is 1.58. The average molecular weight is 248 g/mol. The number of rotatable bonds is 2. The zero-order valence-electron chi connectivity index (χ0n) is 11.7. The maximum absolute atomic E-state index is 12.4. The van der Waals surface area contributed by atoms with E-state index in [1.54, 1.807) is 14.2 Å². The summed E-state index contributed by atoms with van der Waals surface area (Å²) in [6.07, 6.45) is 0.790. The van der Waals surface area contributed by atoms with Crippen LogP contribution < -0.4 is 9.47 Å². The number of methoxy groups -OCH3 is 2. The van der Waals surface area contributed by atoms with Gasteiger partial charge in [-0.3, -0.25) is 4.79 Å². The zero-order valence-corrected chi connectivity index (χ0v) is 11.7. The molecule has 0 bridgehead atoms. The van der Waals surface area contributed by atoms with E-state index in [0.29, 0.717) is 11.5 Å². The molecule has 0 heterocycles. The highest BCUT2D eigenvalue weighted by molar-refractivity contribution is 6.03. The summed E-state index contributed by atoms with van der Waals surface area (Å²) in [6, 6.07) is 3.74. The normalized spacial score (nSPS) is 18.7. The molecule has 1 unspecified atom stereocenters. The third kappa shape index (κ3) is 1.98. The van der Waals surface area contributed by atoms with Crippen molar-refractivity contribution < 1.29 is 14.3 Å². The molecule has 18 heavy (non-hydrogen) atoms. The second-order valence-corrected chi connectivity index (χ2v) is 5.85. The fourth-order valence-electron chi connectivity index (χ4n) is 2.52. The molecule has 3 nitrogen and oxygen atoms in total. The maximum atomic E-state index is 12.4. The quantitative estimate of drug-likeness (QED) is 0.806. The Hall–Kier alpha value is -1.51. The van der Waals surface area contributed by atoms with Crippen molar-refractivity contribution in [2.75, 3.05) is 14.2 Å². The molecule has 0 fully saturated rings. The van der Waals surface area contributed by atoms with Gasteiger partial charge < -0.3 is 9.47 Å². The van der Waals surface area contributed by atoms with Crippen molar-refractivity contribution in [3.05, 3.63) is 23.3 Å². The third-order valence-corrected chi connectivity index (χ3v) is 3.66. The van der Waals surface area contributed by atoms with Gasteiger partial charge in [-0.25, -0.2) is 0 Å². The summed E-state index contributed by atoms with van der Waals surface area (Å²) in [4.78, 5) is 12.4. The lowest BCUT2D eigenvalue weighted by Crippen LogP contribution is -2.25. The van der Waals surface area contributed by atoms with Crippen molar-refractivity contribution in [3.8, 4) is 11.5 Å². The Balaban J connectivity index is 2.46. The fourth-order valence-corrected chi connectivity index (χ4v) is 2.52. The number of hydrogen-bond donors (Lipinski definition) is 0. The van der Waals surface area contributed by atoms with Crippen molar-refractivity contribution in [2.24, 2.45) is 11.3 Å². The number of carbonyl (C=O) groups is 1. The highest BCUT2D eigenvalue weighted by Crippen LogP contribution is 2.42. The van der Waals surface area contributed by atoms with Gasteiger partial charge in [-0.1, -0.05) is 20.8 Å². The molecule has 1 aromatic rings. The number of fused-ring (bicyclic) bond motifs is 1. The molecule has 1 atom stereocenters. The smallest absolute Gasteiger partial charge is 0.167 e. The highest BCUT2D eigenvalue weighted by atomic mass is 16.5. The Bertz CT molecular complexity index is 483. The lowest BCUT2D eigenvalue weighted by atomic mass is 9.78. The van der Waals surface area contributed by atoms with E-state index < -0.39 is 0 Å². The van der Waals surface area contributed by atoms with Crippen LogP contribution in [-0.2, 0) is 6.42 Å². The van der Waals surface area contributed by atoms with E-state index in [-0.39, 0.29) is 17.1 Å². The van der Waals surface area contributed by atoms with Gasteiger partial charge in [0.05, 0.1) is 14.2 Å². The van der Waals surface area contributed by atoms with Crippen LogP contribution in [0.2, 0.25) is 0 Å². The van der Waals surface area contributed by atoms with Crippen LogP contribution in [-0.4, -0.2) is 20.0 Å². The molecule has 2 rings (SSSR count). The van der Waals surface area contributed by atoms with Gasteiger partial charge in [-0.15, -0.1) is 0 Å². The minimum atomic E-state index is -0.0173. The SMILES string of the molecule is COc1cc2c(cc1OC)C(=O)C(C(C)(C)C)C2. The van der Waals surface area contributed by atoms with Gasteiger partial charge in [0.2, 0.25) is 0 Å². The van der Waals surface area contributed by atoms with Gasteiger partial charge in [-0.2, -0.15) is 0 Å². The van der Waals surface area contributed by atoms with Crippen LogP contribution in [0.25, 0.3) is 0 Å². The Morgan fingerprint density at radius 2 is 1.67 bits per heavy atom. The standard InChI is InChI=1S/C15H20O3/c1-15(2,3)11-6-9-7-12(17-4)13(18-5)8-10(9)14(11)16/h7-8,11H,6H2,1-5H3. The topological polar surface area (TPSA) is 35.5 Å². The largest absolute Gasteiger partial charge is 0.493 e. The summed E-state index contributed by atoms with van der Waals surface area (Å²) in [5, 5.41) is 0. The second kappa shape index (κ2) is 4.30. The van der Waals surface area contributed by atoms with E-state index in [1.807, 2.05) is 12.1 Å².